The van der Waals surface area contributed by atoms with Gasteiger partial charge in [0.2, 0.25) is 0 Å². The Morgan fingerprint density at radius 2 is 1.29 bits per heavy atom. The maximum atomic E-state index is 13.1. The van der Waals surface area contributed by atoms with E-state index >= 15 is 0 Å². The Morgan fingerprint density at radius 1 is 0.733 bits per heavy atom. The average Bonchev–Trinajstić information content (AvgIpc) is 3.49. The summed E-state index contributed by atoms with van der Waals surface area (Å²) in [5.41, 5.74) is 6.10. The van der Waals surface area contributed by atoms with Crippen molar-refractivity contribution in [2.45, 2.75) is 34.6 Å². The zero-order chi connectivity index (χ0) is 32.5. The lowest BCUT2D eigenvalue weighted by Gasteiger charge is -2.26. The van der Waals surface area contributed by atoms with Crippen LogP contribution >= 0.6 is 0 Å². The van der Waals surface area contributed by atoms with E-state index in [1.165, 1.54) is 20.8 Å². The zero-order valence-corrected chi connectivity index (χ0v) is 26.2. The normalized spacial score (nSPS) is 11.4. The SMILES string of the molecule is CC(C)=O.CN=C(C)n1ccc2c(N(c3ccc(C(=O)c4ccccc4)cc3)c3ccc(/C(C)=N\OC(C)=O)cc3)ccnc21. The number of pyridine rings is 1. The second-order valence-corrected chi connectivity index (χ2v) is 10.3. The van der Waals surface area contributed by atoms with Gasteiger partial charge < -0.3 is 14.5 Å². The Kier molecular flexibility index (Phi) is 10.5. The summed E-state index contributed by atoms with van der Waals surface area (Å²) in [4.78, 5) is 49.6. The number of hydrogen-bond acceptors (Lipinski definition) is 8. The first-order valence-electron chi connectivity index (χ1n) is 14.3. The first-order valence-corrected chi connectivity index (χ1v) is 14.3. The van der Waals surface area contributed by atoms with Gasteiger partial charge >= 0.3 is 5.97 Å². The van der Waals surface area contributed by atoms with E-state index in [0.29, 0.717) is 16.8 Å². The van der Waals surface area contributed by atoms with Crippen molar-refractivity contribution in [3.8, 4) is 0 Å². The molecule has 2 aromatic heterocycles. The zero-order valence-electron chi connectivity index (χ0n) is 26.2. The summed E-state index contributed by atoms with van der Waals surface area (Å²) in [7, 11) is 1.75. The number of aromatic nitrogens is 2. The number of Topliss-reactive ketones (excluding diaryl/α,β-unsaturated/α-hetero) is 1. The molecule has 0 saturated carbocycles. The monoisotopic (exact) mass is 601 g/mol. The van der Waals surface area contributed by atoms with Crippen LogP contribution in [0.4, 0.5) is 17.1 Å². The van der Waals surface area contributed by atoms with Crippen LogP contribution in [0, 0.1) is 0 Å². The van der Waals surface area contributed by atoms with Crippen molar-refractivity contribution in [1.82, 2.24) is 9.55 Å². The molecular formula is C36H35N5O4. The van der Waals surface area contributed by atoms with E-state index in [0.717, 1.165) is 39.5 Å². The largest absolute Gasteiger partial charge is 0.331 e. The van der Waals surface area contributed by atoms with Crippen molar-refractivity contribution in [1.29, 1.82) is 0 Å². The number of anilines is 3. The predicted octanol–water partition coefficient (Wildman–Crippen LogP) is 7.52. The topological polar surface area (TPSA) is 106 Å². The van der Waals surface area contributed by atoms with Crippen LogP contribution in [0.15, 0.2) is 114 Å². The van der Waals surface area contributed by atoms with Gasteiger partial charge in [0.1, 0.15) is 17.3 Å². The Balaban J connectivity index is 0.00000109. The summed E-state index contributed by atoms with van der Waals surface area (Å²) >= 11 is 0. The van der Waals surface area contributed by atoms with Gasteiger partial charge in [-0.3, -0.25) is 14.4 Å². The van der Waals surface area contributed by atoms with E-state index in [4.69, 9.17) is 4.84 Å². The highest BCUT2D eigenvalue weighted by Gasteiger charge is 2.19. The lowest BCUT2D eigenvalue weighted by atomic mass is 10.0. The van der Waals surface area contributed by atoms with Crippen LogP contribution < -0.4 is 4.90 Å². The number of carbonyl (C=O) groups excluding carboxylic acids is 3. The molecule has 0 saturated heterocycles. The molecule has 45 heavy (non-hydrogen) atoms. The number of ketones is 2. The number of carbonyl (C=O) groups is 3. The van der Waals surface area contributed by atoms with Crippen LogP contribution in [0.3, 0.4) is 0 Å². The van der Waals surface area contributed by atoms with E-state index in [-0.39, 0.29) is 11.6 Å². The van der Waals surface area contributed by atoms with Gasteiger partial charge in [0.15, 0.2) is 5.78 Å². The smallest absolute Gasteiger partial charge is 0.318 e. The highest BCUT2D eigenvalue weighted by atomic mass is 16.7. The Hall–Kier alpha value is -5.70. The maximum Gasteiger partial charge on any atom is 0.331 e. The minimum atomic E-state index is -0.474. The third-order valence-corrected chi connectivity index (χ3v) is 6.76. The summed E-state index contributed by atoms with van der Waals surface area (Å²) in [6.07, 6.45) is 3.74. The molecule has 0 unspecified atom stereocenters. The summed E-state index contributed by atoms with van der Waals surface area (Å²) < 4.78 is 1.95. The van der Waals surface area contributed by atoms with Crippen LogP contribution in [-0.4, -0.2) is 45.7 Å². The molecule has 0 fully saturated rings. The average molecular weight is 602 g/mol. The van der Waals surface area contributed by atoms with Gasteiger partial charge in [0, 0.05) is 54.3 Å². The van der Waals surface area contributed by atoms with Gasteiger partial charge in [-0.1, -0.05) is 47.6 Å². The molecule has 0 radical (unpaired) electrons. The number of benzene rings is 3. The van der Waals surface area contributed by atoms with Crippen LogP contribution in [0.25, 0.3) is 11.0 Å². The Labute approximate surface area is 262 Å². The van der Waals surface area contributed by atoms with Gasteiger partial charge in [-0.2, -0.15) is 0 Å². The van der Waals surface area contributed by atoms with Crippen molar-refractivity contribution in [2.75, 3.05) is 11.9 Å². The lowest BCUT2D eigenvalue weighted by Crippen LogP contribution is -2.12. The summed E-state index contributed by atoms with van der Waals surface area (Å²) in [5, 5.41) is 4.84. The van der Waals surface area contributed by atoms with E-state index in [2.05, 4.69) is 20.0 Å². The number of oxime groups is 1. The van der Waals surface area contributed by atoms with Gasteiger partial charge in [0.25, 0.3) is 0 Å². The second kappa shape index (κ2) is 14.7. The second-order valence-electron chi connectivity index (χ2n) is 10.3. The molecule has 0 N–H and O–H groups in total. The number of rotatable bonds is 7. The molecule has 5 rings (SSSR count). The van der Waals surface area contributed by atoms with Crippen molar-refractivity contribution in [2.24, 2.45) is 10.1 Å². The van der Waals surface area contributed by atoms with Crippen LogP contribution in [0.2, 0.25) is 0 Å². The van der Waals surface area contributed by atoms with Gasteiger partial charge in [-0.05, 0) is 81.8 Å². The standard InChI is InChI=1S/C33H29N5O3.C3H6O/c1-22(36-41-24(3)39)25-10-14-28(15-11-25)38(31-18-20-35-33-30(31)19-21-37(33)23(2)34-4)29-16-12-27(13-17-29)32(40)26-8-6-5-7-9-26;1-3(2)4/h5-21H,1-4H3;1-2H3/b34-23?,36-22-;. The Morgan fingerprint density at radius 3 is 1.84 bits per heavy atom. The molecule has 0 aliphatic heterocycles. The molecule has 3 aromatic carbocycles. The number of hydrogen-bond donors (Lipinski definition) is 0. The van der Waals surface area contributed by atoms with Crippen molar-refractivity contribution in [3.63, 3.8) is 0 Å². The van der Waals surface area contributed by atoms with Crippen molar-refractivity contribution in [3.05, 3.63) is 120 Å². The summed E-state index contributed by atoms with van der Waals surface area (Å²) in [6, 6.07) is 28.6. The molecule has 0 bridgehead atoms. The quantitative estimate of drug-likeness (QED) is 0.0628. The molecule has 0 aliphatic rings. The van der Waals surface area contributed by atoms with E-state index in [1.54, 1.807) is 20.2 Å². The number of fused-ring (bicyclic) bond motifs is 1. The van der Waals surface area contributed by atoms with E-state index in [9.17, 15) is 14.4 Å². The molecule has 0 amide bonds. The predicted molar refractivity (Wildman–Crippen MR) is 179 cm³/mol. The van der Waals surface area contributed by atoms with Crippen LogP contribution in [0.1, 0.15) is 56.1 Å². The first kappa shape index (κ1) is 32.2. The number of nitrogens with zero attached hydrogens (tertiary/aromatic N) is 5. The molecule has 0 atom stereocenters. The van der Waals surface area contributed by atoms with Gasteiger partial charge in [0.05, 0.1) is 11.4 Å². The molecule has 228 valence electrons. The fourth-order valence-electron chi connectivity index (χ4n) is 4.57. The molecule has 0 spiro atoms. The molecule has 9 nitrogen and oxygen atoms in total. The molecular weight excluding hydrogens is 566 g/mol. The molecule has 2 heterocycles. The summed E-state index contributed by atoms with van der Waals surface area (Å²) in [6.45, 7) is 8.09. The molecule has 9 heteroatoms. The first-order chi connectivity index (χ1) is 21.6. The molecule has 5 aromatic rings. The maximum absolute atomic E-state index is 13.1. The summed E-state index contributed by atoms with van der Waals surface area (Å²) in [5.74, 6) is 0.485. The fraction of sp³-hybridized carbons (Fsp3) is 0.167. The Bertz CT molecular complexity index is 1870. The number of aliphatic imine (C=N–C) groups is 1. The lowest BCUT2D eigenvalue weighted by molar-refractivity contribution is -0.140. The van der Waals surface area contributed by atoms with Crippen molar-refractivity contribution >= 4 is 57.2 Å². The fourth-order valence-corrected chi connectivity index (χ4v) is 4.57. The van der Waals surface area contributed by atoms with Gasteiger partial charge in [-0.25, -0.2) is 9.78 Å². The van der Waals surface area contributed by atoms with Gasteiger partial charge in [-0.15, -0.1) is 0 Å². The van der Waals surface area contributed by atoms with Crippen molar-refractivity contribution < 1.29 is 19.2 Å². The third kappa shape index (κ3) is 7.83. The van der Waals surface area contributed by atoms with E-state index in [1.807, 2.05) is 109 Å². The van der Waals surface area contributed by atoms with Crippen LogP contribution in [-0.2, 0) is 14.4 Å². The van der Waals surface area contributed by atoms with Crippen LogP contribution in [0.5, 0.6) is 0 Å². The minimum Gasteiger partial charge on any atom is -0.318 e. The minimum absolute atomic E-state index is 0.0340. The third-order valence-electron chi connectivity index (χ3n) is 6.76. The highest BCUT2D eigenvalue weighted by molar-refractivity contribution is 6.09. The highest BCUT2D eigenvalue weighted by Crippen LogP contribution is 2.39. The molecule has 0 aliphatic carbocycles. The van der Waals surface area contributed by atoms with E-state index < -0.39 is 5.97 Å².